The van der Waals surface area contributed by atoms with Crippen molar-refractivity contribution in [1.82, 2.24) is 14.9 Å². The van der Waals surface area contributed by atoms with E-state index in [1.54, 1.807) is 12.1 Å². The molecule has 2 aromatic heterocycles. The molecular weight excluding hydrogens is 351 g/mol. The van der Waals surface area contributed by atoms with Crippen molar-refractivity contribution in [2.24, 2.45) is 0 Å². The molecule has 1 aromatic carbocycles. The monoisotopic (exact) mass is 368 g/mol. The lowest BCUT2D eigenvalue weighted by molar-refractivity contribution is 0.271. The molecule has 4 rings (SSSR count). The zero-order valence-corrected chi connectivity index (χ0v) is 14.9. The van der Waals surface area contributed by atoms with Gasteiger partial charge >= 0.3 is 0 Å². The molecule has 0 saturated heterocycles. The first-order chi connectivity index (χ1) is 12.7. The van der Waals surface area contributed by atoms with Gasteiger partial charge in [0, 0.05) is 61.6 Å². The van der Waals surface area contributed by atoms with Crippen LogP contribution in [0.4, 0.5) is 10.1 Å². The van der Waals surface area contributed by atoms with Gasteiger partial charge in [-0.25, -0.2) is 4.39 Å². The molecule has 3 heterocycles. The Morgan fingerprint density at radius 1 is 1.15 bits per heavy atom. The highest BCUT2D eigenvalue weighted by Crippen LogP contribution is 2.28. The molecular formula is C20H18ClFN4. The minimum atomic E-state index is -0.421. The highest BCUT2D eigenvalue weighted by Gasteiger charge is 2.16. The maximum atomic E-state index is 13.4. The maximum Gasteiger partial charge on any atom is 0.141 e. The van der Waals surface area contributed by atoms with Gasteiger partial charge in [-0.2, -0.15) is 0 Å². The Morgan fingerprint density at radius 2 is 2.00 bits per heavy atom. The predicted molar refractivity (Wildman–Crippen MR) is 101 cm³/mol. The largest absolute Gasteiger partial charge is 0.383 e. The smallest absolute Gasteiger partial charge is 0.141 e. The highest BCUT2D eigenvalue weighted by molar-refractivity contribution is 6.31. The van der Waals surface area contributed by atoms with Crippen molar-refractivity contribution >= 4 is 17.3 Å². The van der Waals surface area contributed by atoms with Gasteiger partial charge in [0.1, 0.15) is 5.82 Å². The molecule has 0 saturated carbocycles. The van der Waals surface area contributed by atoms with Crippen LogP contribution >= 0.6 is 11.6 Å². The topological polar surface area (TPSA) is 41.1 Å². The van der Waals surface area contributed by atoms with Crippen molar-refractivity contribution in [3.63, 3.8) is 0 Å². The fraction of sp³-hybridized carbons (Fsp3) is 0.200. The molecule has 1 N–H and O–H groups in total. The van der Waals surface area contributed by atoms with E-state index in [2.05, 4.69) is 20.2 Å². The zero-order valence-electron chi connectivity index (χ0n) is 14.1. The summed E-state index contributed by atoms with van der Waals surface area (Å²) in [5.74, 6) is -0.421. The van der Waals surface area contributed by atoms with Crippen LogP contribution in [-0.2, 0) is 13.1 Å². The standard InChI is InChI=1S/C20H18ClFN4/c21-17-9-15(1-2-18(17)22)19-10-20-16(11-25-19)13-26(8-7-24-20)12-14-3-5-23-6-4-14/h1-6,9-11,24H,7-8,12-13H2. The molecule has 0 amide bonds. The Morgan fingerprint density at radius 3 is 2.81 bits per heavy atom. The van der Waals surface area contributed by atoms with Gasteiger partial charge in [0.2, 0.25) is 0 Å². The molecule has 4 nitrogen and oxygen atoms in total. The molecule has 0 unspecified atom stereocenters. The summed E-state index contributed by atoms with van der Waals surface area (Å²) >= 11 is 5.90. The number of hydrogen-bond acceptors (Lipinski definition) is 4. The van der Waals surface area contributed by atoms with Crippen LogP contribution in [-0.4, -0.2) is 28.0 Å². The highest BCUT2D eigenvalue weighted by atomic mass is 35.5. The first kappa shape index (κ1) is 16.9. The number of rotatable bonds is 3. The third kappa shape index (κ3) is 3.69. The van der Waals surface area contributed by atoms with Crippen LogP contribution in [0.5, 0.6) is 0 Å². The van der Waals surface area contributed by atoms with Gasteiger partial charge in [-0.05, 0) is 42.0 Å². The van der Waals surface area contributed by atoms with Crippen LogP contribution in [0.15, 0.2) is 55.0 Å². The fourth-order valence-corrected chi connectivity index (χ4v) is 3.32. The summed E-state index contributed by atoms with van der Waals surface area (Å²) in [4.78, 5) is 11.0. The number of fused-ring (bicyclic) bond motifs is 1. The van der Waals surface area contributed by atoms with Crippen molar-refractivity contribution in [3.05, 3.63) is 77.0 Å². The van der Waals surface area contributed by atoms with Crippen LogP contribution in [0.2, 0.25) is 5.02 Å². The Kier molecular flexibility index (Phi) is 4.82. The Balaban J connectivity index is 1.57. The number of aromatic nitrogens is 2. The molecule has 0 radical (unpaired) electrons. The van der Waals surface area contributed by atoms with E-state index in [0.29, 0.717) is 0 Å². The van der Waals surface area contributed by atoms with E-state index in [0.717, 1.165) is 48.7 Å². The number of pyridine rings is 2. The summed E-state index contributed by atoms with van der Waals surface area (Å²) in [6.45, 7) is 3.49. The molecule has 3 aromatic rings. The van der Waals surface area contributed by atoms with Crippen LogP contribution in [0.3, 0.4) is 0 Å². The van der Waals surface area contributed by atoms with Crippen molar-refractivity contribution in [1.29, 1.82) is 0 Å². The third-order valence-electron chi connectivity index (χ3n) is 4.49. The van der Waals surface area contributed by atoms with Crippen molar-refractivity contribution < 1.29 is 4.39 Å². The third-order valence-corrected chi connectivity index (χ3v) is 4.78. The Hall–Kier alpha value is -2.50. The normalized spacial score (nSPS) is 14.4. The van der Waals surface area contributed by atoms with Crippen LogP contribution in [0.1, 0.15) is 11.1 Å². The number of benzene rings is 1. The number of nitrogens with one attached hydrogen (secondary N) is 1. The quantitative estimate of drug-likeness (QED) is 0.745. The minimum Gasteiger partial charge on any atom is -0.383 e. The van der Waals surface area contributed by atoms with Gasteiger partial charge in [0.25, 0.3) is 0 Å². The van der Waals surface area contributed by atoms with E-state index in [1.807, 2.05) is 36.8 Å². The fourth-order valence-electron chi connectivity index (χ4n) is 3.14. The predicted octanol–water partition coefficient (Wildman–Crippen LogP) is 4.36. The lowest BCUT2D eigenvalue weighted by Gasteiger charge is -2.19. The number of anilines is 1. The second kappa shape index (κ2) is 7.40. The molecule has 1 aliphatic rings. The zero-order chi connectivity index (χ0) is 17.9. The van der Waals surface area contributed by atoms with E-state index in [4.69, 9.17) is 11.6 Å². The van der Waals surface area contributed by atoms with E-state index >= 15 is 0 Å². The molecule has 0 aliphatic carbocycles. The van der Waals surface area contributed by atoms with E-state index in [-0.39, 0.29) is 5.02 Å². The lowest BCUT2D eigenvalue weighted by atomic mass is 10.1. The average Bonchev–Trinajstić information content (AvgIpc) is 2.86. The average molecular weight is 369 g/mol. The number of halogens is 2. The maximum absolute atomic E-state index is 13.4. The van der Waals surface area contributed by atoms with Gasteiger partial charge < -0.3 is 5.32 Å². The summed E-state index contributed by atoms with van der Waals surface area (Å²) in [6.07, 6.45) is 5.53. The molecule has 0 fully saturated rings. The van der Waals surface area contributed by atoms with Gasteiger partial charge in [-0.1, -0.05) is 11.6 Å². The second-order valence-electron chi connectivity index (χ2n) is 6.35. The molecule has 6 heteroatoms. The van der Waals surface area contributed by atoms with Gasteiger partial charge in [-0.15, -0.1) is 0 Å². The van der Waals surface area contributed by atoms with E-state index in [1.165, 1.54) is 11.6 Å². The molecule has 0 bridgehead atoms. The number of nitrogens with zero attached hydrogens (tertiary/aromatic N) is 3. The summed E-state index contributed by atoms with van der Waals surface area (Å²) in [7, 11) is 0. The first-order valence-corrected chi connectivity index (χ1v) is 8.86. The van der Waals surface area contributed by atoms with E-state index in [9.17, 15) is 4.39 Å². The summed E-state index contributed by atoms with van der Waals surface area (Å²) in [6, 6.07) is 10.8. The molecule has 0 atom stereocenters. The molecule has 26 heavy (non-hydrogen) atoms. The minimum absolute atomic E-state index is 0.107. The van der Waals surface area contributed by atoms with Gasteiger partial charge in [0.05, 0.1) is 10.7 Å². The SMILES string of the molecule is Fc1ccc(-c2cc3c(cn2)CN(Cc2ccncc2)CCN3)cc1Cl. The summed E-state index contributed by atoms with van der Waals surface area (Å²) in [5, 5.41) is 3.58. The van der Waals surface area contributed by atoms with Crippen molar-refractivity contribution in [2.45, 2.75) is 13.1 Å². The van der Waals surface area contributed by atoms with E-state index < -0.39 is 5.82 Å². The Labute approximate surface area is 156 Å². The van der Waals surface area contributed by atoms with Gasteiger partial charge in [0.15, 0.2) is 0 Å². The summed E-state index contributed by atoms with van der Waals surface area (Å²) in [5.41, 5.74) is 5.04. The van der Waals surface area contributed by atoms with Crippen LogP contribution < -0.4 is 5.32 Å². The van der Waals surface area contributed by atoms with Crippen LogP contribution in [0, 0.1) is 5.82 Å². The molecule has 0 spiro atoms. The second-order valence-corrected chi connectivity index (χ2v) is 6.76. The Bertz CT molecular complexity index is 917. The van der Waals surface area contributed by atoms with Gasteiger partial charge in [-0.3, -0.25) is 14.9 Å². The summed E-state index contributed by atoms with van der Waals surface area (Å²) < 4.78 is 13.4. The van der Waals surface area contributed by atoms with Crippen molar-refractivity contribution in [2.75, 3.05) is 18.4 Å². The molecule has 1 aliphatic heterocycles. The van der Waals surface area contributed by atoms with Crippen LogP contribution in [0.25, 0.3) is 11.3 Å². The molecule has 132 valence electrons. The number of hydrogen-bond donors (Lipinski definition) is 1. The lowest BCUT2D eigenvalue weighted by Crippen LogP contribution is -2.25. The van der Waals surface area contributed by atoms with Crippen molar-refractivity contribution in [3.8, 4) is 11.3 Å². The first-order valence-electron chi connectivity index (χ1n) is 8.48.